The van der Waals surface area contributed by atoms with Crippen molar-refractivity contribution in [2.45, 2.75) is 46.6 Å². The second-order valence-corrected chi connectivity index (χ2v) is 6.64. The molecule has 0 spiro atoms. The Hall–Kier alpha value is -1.29. The summed E-state index contributed by atoms with van der Waals surface area (Å²) >= 11 is 3.53. The first-order valence-electron chi connectivity index (χ1n) is 6.97. The highest BCUT2D eigenvalue weighted by Crippen LogP contribution is 2.33. The molecule has 0 aliphatic heterocycles. The quantitative estimate of drug-likeness (QED) is 0.866. The fourth-order valence-electron chi connectivity index (χ4n) is 2.42. The average molecular weight is 336 g/mol. The monoisotopic (exact) mass is 335 g/mol. The second-order valence-electron chi connectivity index (χ2n) is 5.79. The van der Waals surface area contributed by atoms with Gasteiger partial charge in [-0.3, -0.25) is 0 Å². The molecule has 4 heteroatoms. The summed E-state index contributed by atoms with van der Waals surface area (Å²) in [5.41, 5.74) is 9.50. The van der Waals surface area contributed by atoms with Crippen LogP contribution in [0.4, 0.5) is 5.82 Å². The number of hydrogen-bond donors (Lipinski definition) is 1. The molecule has 2 rings (SSSR count). The van der Waals surface area contributed by atoms with E-state index in [1.807, 2.05) is 6.07 Å². The zero-order chi connectivity index (χ0) is 15.0. The van der Waals surface area contributed by atoms with Crippen LogP contribution in [0.25, 0.3) is 11.3 Å². The van der Waals surface area contributed by atoms with E-state index >= 15 is 0 Å². The van der Waals surface area contributed by atoms with Crippen molar-refractivity contribution in [1.29, 1.82) is 0 Å². The van der Waals surface area contributed by atoms with Gasteiger partial charge in [0.15, 0.2) is 0 Å². The van der Waals surface area contributed by atoms with E-state index in [2.05, 4.69) is 67.2 Å². The molecule has 20 heavy (non-hydrogen) atoms. The Morgan fingerprint density at radius 1 is 1.20 bits per heavy atom. The van der Waals surface area contributed by atoms with Gasteiger partial charge in [0, 0.05) is 22.0 Å². The van der Waals surface area contributed by atoms with Crippen molar-refractivity contribution in [2.24, 2.45) is 0 Å². The van der Waals surface area contributed by atoms with E-state index < -0.39 is 0 Å². The highest BCUT2D eigenvalue weighted by atomic mass is 79.9. The first kappa shape index (κ1) is 15.1. The van der Waals surface area contributed by atoms with Gasteiger partial charge in [-0.1, -0.05) is 35.8 Å². The molecule has 1 heterocycles. The first-order chi connectivity index (χ1) is 9.32. The SMILES string of the molecule is Cc1cc(-c2nc(C(C)C)n(C(C)C)c2N)ccc1Br. The number of nitrogens with two attached hydrogens (primary N) is 1. The molecule has 0 aliphatic carbocycles. The first-order valence-corrected chi connectivity index (χ1v) is 7.76. The zero-order valence-corrected chi connectivity index (χ0v) is 14.3. The van der Waals surface area contributed by atoms with Crippen molar-refractivity contribution in [2.75, 3.05) is 5.73 Å². The molecule has 2 N–H and O–H groups in total. The molecule has 0 saturated carbocycles. The highest BCUT2D eigenvalue weighted by molar-refractivity contribution is 9.10. The molecule has 0 radical (unpaired) electrons. The molecular weight excluding hydrogens is 314 g/mol. The van der Waals surface area contributed by atoms with E-state index in [1.165, 1.54) is 5.56 Å². The van der Waals surface area contributed by atoms with Crippen LogP contribution >= 0.6 is 15.9 Å². The molecule has 1 aromatic heterocycles. The maximum Gasteiger partial charge on any atom is 0.131 e. The van der Waals surface area contributed by atoms with Gasteiger partial charge in [0.25, 0.3) is 0 Å². The van der Waals surface area contributed by atoms with Gasteiger partial charge in [0.05, 0.1) is 0 Å². The lowest BCUT2D eigenvalue weighted by Crippen LogP contribution is -2.10. The number of rotatable bonds is 3. The van der Waals surface area contributed by atoms with Crippen LogP contribution in [-0.4, -0.2) is 9.55 Å². The van der Waals surface area contributed by atoms with Crippen LogP contribution in [0.15, 0.2) is 22.7 Å². The molecule has 0 saturated heterocycles. The molecule has 0 amide bonds. The second kappa shape index (κ2) is 5.60. The van der Waals surface area contributed by atoms with Gasteiger partial charge >= 0.3 is 0 Å². The van der Waals surface area contributed by atoms with Crippen LogP contribution in [0.2, 0.25) is 0 Å². The van der Waals surface area contributed by atoms with Gasteiger partial charge in [-0.05, 0) is 38.5 Å². The summed E-state index contributed by atoms with van der Waals surface area (Å²) in [5, 5.41) is 0. The minimum absolute atomic E-state index is 0.310. The third kappa shape index (κ3) is 2.62. The lowest BCUT2D eigenvalue weighted by molar-refractivity contribution is 0.556. The van der Waals surface area contributed by atoms with E-state index in [4.69, 9.17) is 10.7 Å². The Balaban J connectivity index is 2.63. The maximum absolute atomic E-state index is 6.35. The number of halogens is 1. The molecule has 2 aromatic rings. The van der Waals surface area contributed by atoms with Crippen LogP contribution < -0.4 is 5.73 Å². The van der Waals surface area contributed by atoms with E-state index in [0.717, 1.165) is 27.4 Å². The number of benzene rings is 1. The number of nitrogens with zero attached hydrogens (tertiary/aromatic N) is 2. The summed E-state index contributed by atoms with van der Waals surface area (Å²) in [4.78, 5) is 4.79. The van der Waals surface area contributed by atoms with Crippen LogP contribution in [0.5, 0.6) is 0 Å². The largest absolute Gasteiger partial charge is 0.383 e. The van der Waals surface area contributed by atoms with Gasteiger partial charge in [0.1, 0.15) is 17.3 Å². The van der Waals surface area contributed by atoms with E-state index in [9.17, 15) is 0 Å². The number of aryl methyl sites for hydroxylation is 1. The number of imidazole rings is 1. The fraction of sp³-hybridized carbons (Fsp3) is 0.438. The number of nitrogen functional groups attached to an aromatic ring is 1. The minimum atomic E-state index is 0.310. The van der Waals surface area contributed by atoms with Gasteiger partial charge in [-0.25, -0.2) is 4.98 Å². The van der Waals surface area contributed by atoms with Gasteiger partial charge in [-0.2, -0.15) is 0 Å². The predicted octanol–water partition coefficient (Wildman–Crippen LogP) is 4.91. The number of anilines is 1. The molecule has 0 fully saturated rings. The number of hydrogen-bond acceptors (Lipinski definition) is 2. The molecule has 108 valence electrons. The number of aromatic nitrogens is 2. The predicted molar refractivity (Wildman–Crippen MR) is 89.0 cm³/mol. The molecular formula is C16H22BrN3. The molecule has 0 atom stereocenters. The van der Waals surface area contributed by atoms with E-state index in [1.54, 1.807) is 0 Å². The summed E-state index contributed by atoms with van der Waals surface area (Å²) < 4.78 is 3.24. The Labute approximate surface area is 129 Å². The van der Waals surface area contributed by atoms with Gasteiger partial charge in [-0.15, -0.1) is 0 Å². The summed E-state index contributed by atoms with van der Waals surface area (Å²) in [6.45, 7) is 10.7. The lowest BCUT2D eigenvalue weighted by atomic mass is 10.1. The molecule has 0 bridgehead atoms. The summed E-state index contributed by atoms with van der Waals surface area (Å²) in [6, 6.07) is 6.54. The standard InChI is InChI=1S/C16H22BrN3/c1-9(2)16-19-14(15(18)20(16)10(3)4)12-6-7-13(17)11(5)8-12/h6-10H,18H2,1-5H3. The average Bonchev–Trinajstić information content (AvgIpc) is 2.71. The fourth-order valence-corrected chi connectivity index (χ4v) is 2.66. The Morgan fingerprint density at radius 3 is 2.30 bits per heavy atom. The van der Waals surface area contributed by atoms with Crippen molar-refractivity contribution < 1.29 is 0 Å². The van der Waals surface area contributed by atoms with Crippen molar-refractivity contribution in [1.82, 2.24) is 9.55 Å². The van der Waals surface area contributed by atoms with Crippen LogP contribution in [-0.2, 0) is 0 Å². The van der Waals surface area contributed by atoms with Crippen LogP contribution in [0.3, 0.4) is 0 Å². The Bertz CT molecular complexity index is 627. The Kier molecular flexibility index (Phi) is 4.23. The topological polar surface area (TPSA) is 43.8 Å². The van der Waals surface area contributed by atoms with Crippen LogP contribution in [0, 0.1) is 6.92 Å². The summed E-state index contributed by atoms with van der Waals surface area (Å²) in [6.07, 6.45) is 0. The third-order valence-electron chi connectivity index (χ3n) is 3.44. The van der Waals surface area contributed by atoms with Crippen molar-refractivity contribution in [3.63, 3.8) is 0 Å². The molecule has 0 unspecified atom stereocenters. The van der Waals surface area contributed by atoms with Crippen molar-refractivity contribution in [3.05, 3.63) is 34.1 Å². The molecule has 3 nitrogen and oxygen atoms in total. The molecule has 1 aromatic carbocycles. The van der Waals surface area contributed by atoms with Crippen molar-refractivity contribution in [3.8, 4) is 11.3 Å². The lowest BCUT2D eigenvalue weighted by Gasteiger charge is -2.15. The minimum Gasteiger partial charge on any atom is -0.383 e. The smallest absolute Gasteiger partial charge is 0.131 e. The molecule has 0 aliphatic rings. The third-order valence-corrected chi connectivity index (χ3v) is 4.33. The Morgan fingerprint density at radius 2 is 1.85 bits per heavy atom. The summed E-state index contributed by atoms with van der Waals surface area (Å²) in [5.74, 6) is 2.16. The van der Waals surface area contributed by atoms with Crippen molar-refractivity contribution >= 4 is 21.7 Å². The summed E-state index contributed by atoms with van der Waals surface area (Å²) in [7, 11) is 0. The van der Waals surface area contributed by atoms with E-state index in [0.29, 0.717) is 12.0 Å². The van der Waals surface area contributed by atoms with Gasteiger partial charge in [0.2, 0.25) is 0 Å². The highest BCUT2D eigenvalue weighted by Gasteiger charge is 2.20. The van der Waals surface area contributed by atoms with Crippen LogP contribution in [0.1, 0.15) is 51.0 Å². The van der Waals surface area contributed by atoms with E-state index in [-0.39, 0.29) is 0 Å². The maximum atomic E-state index is 6.35. The zero-order valence-electron chi connectivity index (χ0n) is 12.7. The van der Waals surface area contributed by atoms with Gasteiger partial charge < -0.3 is 10.3 Å². The normalized spacial score (nSPS) is 11.6.